The standard InChI is InChI=1S/C13H14F3NO2/c1-19-10-4-5-17(7-10)12-3-2-9(8-18)6-11(12)13(14,15)16/h2-3,6,8,10H,4-5,7H2,1H3. The van der Waals surface area contributed by atoms with Crippen molar-refractivity contribution in [2.24, 2.45) is 0 Å². The van der Waals surface area contributed by atoms with Gasteiger partial charge in [-0.1, -0.05) is 0 Å². The third-order valence-corrected chi connectivity index (χ3v) is 3.28. The monoisotopic (exact) mass is 273 g/mol. The van der Waals surface area contributed by atoms with Crippen LogP contribution in [0.15, 0.2) is 18.2 Å². The molecule has 104 valence electrons. The average Bonchev–Trinajstić information content (AvgIpc) is 2.85. The molecular formula is C13H14F3NO2. The minimum absolute atomic E-state index is 0.0264. The highest BCUT2D eigenvalue weighted by Crippen LogP contribution is 2.38. The molecule has 0 aromatic heterocycles. The fraction of sp³-hybridized carbons (Fsp3) is 0.462. The topological polar surface area (TPSA) is 29.5 Å². The Morgan fingerprint density at radius 2 is 2.16 bits per heavy atom. The highest BCUT2D eigenvalue weighted by Gasteiger charge is 2.36. The average molecular weight is 273 g/mol. The van der Waals surface area contributed by atoms with Gasteiger partial charge in [0.2, 0.25) is 0 Å². The number of methoxy groups -OCH3 is 1. The molecule has 0 saturated carbocycles. The summed E-state index contributed by atoms with van der Waals surface area (Å²) in [5.41, 5.74) is -0.634. The van der Waals surface area contributed by atoms with Crippen molar-refractivity contribution < 1.29 is 22.7 Å². The number of nitrogens with zero attached hydrogens (tertiary/aromatic N) is 1. The highest BCUT2D eigenvalue weighted by molar-refractivity contribution is 5.77. The number of benzene rings is 1. The van der Waals surface area contributed by atoms with Crippen molar-refractivity contribution in [1.82, 2.24) is 0 Å². The van der Waals surface area contributed by atoms with E-state index in [2.05, 4.69) is 0 Å². The van der Waals surface area contributed by atoms with Gasteiger partial charge in [-0.3, -0.25) is 4.79 Å². The Kier molecular flexibility index (Phi) is 3.80. The Morgan fingerprint density at radius 1 is 1.42 bits per heavy atom. The third-order valence-electron chi connectivity index (χ3n) is 3.28. The van der Waals surface area contributed by atoms with Crippen molar-refractivity contribution in [1.29, 1.82) is 0 Å². The van der Waals surface area contributed by atoms with Crippen LogP contribution < -0.4 is 4.90 Å². The highest BCUT2D eigenvalue weighted by atomic mass is 19.4. The lowest BCUT2D eigenvalue weighted by Crippen LogP contribution is -2.25. The zero-order chi connectivity index (χ0) is 14.0. The molecule has 0 N–H and O–H groups in total. The first-order valence-electron chi connectivity index (χ1n) is 5.90. The van der Waals surface area contributed by atoms with E-state index in [1.807, 2.05) is 0 Å². The second-order valence-corrected chi connectivity index (χ2v) is 4.48. The fourth-order valence-corrected chi connectivity index (χ4v) is 2.27. The van der Waals surface area contributed by atoms with Gasteiger partial charge in [0.25, 0.3) is 0 Å². The van der Waals surface area contributed by atoms with Gasteiger partial charge in [-0.05, 0) is 24.6 Å². The molecule has 1 aromatic rings. The number of carbonyl (C=O) groups excluding carboxylic acids is 1. The molecular weight excluding hydrogens is 259 g/mol. The molecule has 1 saturated heterocycles. The summed E-state index contributed by atoms with van der Waals surface area (Å²) in [6.07, 6.45) is -3.41. The molecule has 1 aliphatic rings. The molecule has 0 radical (unpaired) electrons. The first kappa shape index (κ1) is 13.9. The number of rotatable bonds is 3. The lowest BCUT2D eigenvalue weighted by molar-refractivity contribution is -0.137. The summed E-state index contributed by atoms with van der Waals surface area (Å²) in [5.74, 6) is 0. The van der Waals surface area contributed by atoms with Gasteiger partial charge in [0.05, 0.1) is 11.7 Å². The fourth-order valence-electron chi connectivity index (χ4n) is 2.27. The van der Waals surface area contributed by atoms with Crippen LogP contribution in [0.4, 0.5) is 18.9 Å². The smallest absolute Gasteiger partial charge is 0.380 e. The number of ether oxygens (including phenoxy) is 1. The Bertz CT molecular complexity index is 473. The molecule has 19 heavy (non-hydrogen) atoms. The molecule has 0 aliphatic carbocycles. The van der Waals surface area contributed by atoms with Gasteiger partial charge in [-0.25, -0.2) is 0 Å². The molecule has 0 spiro atoms. The molecule has 0 bridgehead atoms. The predicted molar refractivity (Wildman–Crippen MR) is 64.5 cm³/mol. The van der Waals surface area contributed by atoms with Crippen LogP contribution in [0.3, 0.4) is 0 Å². The molecule has 0 amide bonds. The number of carbonyl (C=O) groups is 1. The summed E-state index contributed by atoms with van der Waals surface area (Å²) in [7, 11) is 1.55. The molecule has 1 aromatic carbocycles. The first-order valence-corrected chi connectivity index (χ1v) is 5.90. The number of hydrogen-bond donors (Lipinski definition) is 0. The maximum absolute atomic E-state index is 13.0. The predicted octanol–water partition coefficient (Wildman–Crippen LogP) is 2.74. The Morgan fingerprint density at radius 3 is 2.68 bits per heavy atom. The van der Waals surface area contributed by atoms with Gasteiger partial charge in [-0.2, -0.15) is 13.2 Å². The van der Waals surface area contributed by atoms with Crippen LogP contribution in [0, 0.1) is 0 Å². The zero-order valence-corrected chi connectivity index (χ0v) is 10.4. The molecule has 1 fully saturated rings. The minimum atomic E-state index is -4.47. The summed E-state index contributed by atoms with van der Waals surface area (Å²) < 4.78 is 44.2. The van der Waals surface area contributed by atoms with E-state index in [0.29, 0.717) is 25.8 Å². The van der Waals surface area contributed by atoms with E-state index in [1.165, 1.54) is 12.1 Å². The van der Waals surface area contributed by atoms with E-state index in [-0.39, 0.29) is 17.4 Å². The summed E-state index contributed by atoms with van der Waals surface area (Å²) in [5, 5.41) is 0. The van der Waals surface area contributed by atoms with Gasteiger partial charge in [-0.15, -0.1) is 0 Å². The summed E-state index contributed by atoms with van der Waals surface area (Å²) in [6.45, 7) is 0.946. The van der Waals surface area contributed by atoms with Crippen LogP contribution in [0.5, 0.6) is 0 Å². The van der Waals surface area contributed by atoms with Crippen molar-refractivity contribution in [2.45, 2.75) is 18.7 Å². The maximum atomic E-state index is 13.0. The second-order valence-electron chi connectivity index (χ2n) is 4.48. The molecule has 2 rings (SSSR count). The third kappa shape index (κ3) is 2.89. The lowest BCUT2D eigenvalue weighted by atomic mass is 10.1. The second kappa shape index (κ2) is 5.21. The van der Waals surface area contributed by atoms with E-state index < -0.39 is 11.7 Å². The largest absolute Gasteiger partial charge is 0.418 e. The van der Waals surface area contributed by atoms with Gasteiger partial charge in [0.1, 0.15) is 6.29 Å². The number of halogens is 3. The van der Waals surface area contributed by atoms with Gasteiger partial charge < -0.3 is 9.64 Å². The van der Waals surface area contributed by atoms with Crippen LogP contribution in [-0.2, 0) is 10.9 Å². The maximum Gasteiger partial charge on any atom is 0.418 e. The normalized spacial score (nSPS) is 19.8. The van der Waals surface area contributed by atoms with Crippen molar-refractivity contribution in [3.8, 4) is 0 Å². The van der Waals surface area contributed by atoms with Crippen molar-refractivity contribution in [2.75, 3.05) is 25.1 Å². The van der Waals surface area contributed by atoms with Crippen LogP contribution in [0.2, 0.25) is 0 Å². The molecule has 1 aliphatic heterocycles. The van der Waals surface area contributed by atoms with E-state index in [9.17, 15) is 18.0 Å². The Balaban J connectivity index is 2.37. The van der Waals surface area contributed by atoms with E-state index in [1.54, 1.807) is 12.0 Å². The number of anilines is 1. The van der Waals surface area contributed by atoms with Crippen LogP contribution in [-0.4, -0.2) is 32.6 Å². The van der Waals surface area contributed by atoms with E-state index in [0.717, 1.165) is 6.07 Å². The van der Waals surface area contributed by atoms with Gasteiger partial charge >= 0.3 is 6.18 Å². The number of aldehydes is 1. The molecule has 6 heteroatoms. The lowest BCUT2D eigenvalue weighted by Gasteiger charge is -2.23. The van der Waals surface area contributed by atoms with Crippen LogP contribution in [0.25, 0.3) is 0 Å². The zero-order valence-electron chi connectivity index (χ0n) is 10.4. The Labute approximate surface area is 109 Å². The summed E-state index contributed by atoms with van der Waals surface area (Å²) >= 11 is 0. The van der Waals surface area contributed by atoms with E-state index in [4.69, 9.17) is 4.74 Å². The first-order chi connectivity index (χ1) is 8.95. The molecule has 1 atom stereocenters. The molecule has 1 unspecified atom stereocenters. The summed E-state index contributed by atoms with van der Waals surface area (Å²) in [6, 6.07) is 3.64. The Hall–Kier alpha value is -1.56. The van der Waals surface area contributed by atoms with Crippen LogP contribution >= 0.6 is 0 Å². The SMILES string of the molecule is COC1CCN(c2ccc(C=O)cc2C(F)(F)F)C1. The van der Waals surface area contributed by atoms with E-state index >= 15 is 0 Å². The van der Waals surface area contributed by atoms with Crippen LogP contribution in [0.1, 0.15) is 22.3 Å². The van der Waals surface area contributed by atoms with Gasteiger partial charge in [0, 0.05) is 31.5 Å². The number of alkyl halides is 3. The van der Waals surface area contributed by atoms with Crippen molar-refractivity contribution in [3.05, 3.63) is 29.3 Å². The van der Waals surface area contributed by atoms with Crippen molar-refractivity contribution >= 4 is 12.0 Å². The number of hydrogen-bond acceptors (Lipinski definition) is 3. The summed E-state index contributed by atoms with van der Waals surface area (Å²) in [4.78, 5) is 12.3. The minimum Gasteiger partial charge on any atom is -0.380 e. The molecule has 3 nitrogen and oxygen atoms in total. The quantitative estimate of drug-likeness (QED) is 0.793. The van der Waals surface area contributed by atoms with Gasteiger partial charge in [0.15, 0.2) is 0 Å². The van der Waals surface area contributed by atoms with Crippen molar-refractivity contribution in [3.63, 3.8) is 0 Å². The molecule has 1 heterocycles.